The Kier molecular flexibility index (Phi) is 2.57. The smallest absolute Gasteiger partial charge is 0.261 e. The van der Waals surface area contributed by atoms with E-state index in [1.807, 2.05) is 0 Å². The molecule has 3 rings (SSSR count). The number of aliphatic hydroxyl groups is 1. The fourth-order valence-electron chi connectivity index (χ4n) is 2.48. The molecule has 0 saturated heterocycles. The van der Waals surface area contributed by atoms with Crippen molar-refractivity contribution in [3.63, 3.8) is 0 Å². The van der Waals surface area contributed by atoms with E-state index in [1.165, 1.54) is 12.2 Å². The van der Waals surface area contributed by atoms with Gasteiger partial charge in [-0.2, -0.15) is 0 Å². The number of amides is 2. The summed E-state index contributed by atoms with van der Waals surface area (Å²) in [4.78, 5) is 36.8. The van der Waals surface area contributed by atoms with Crippen LogP contribution in [0.25, 0.3) is 0 Å². The lowest BCUT2D eigenvalue weighted by Gasteiger charge is -2.30. The number of benzene rings is 1. The summed E-state index contributed by atoms with van der Waals surface area (Å²) in [7, 11) is 0. The molecule has 0 spiro atoms. The van der Waals surface area contributed by atoms with E-state index < -0.39 is 24.0 Å². The molecule has 1 aromatic carbocycles. The molecule has 0 saturated carbocycles. The van der Waals surface area contributed by atoms with E-state index in [4.69, 9.17) is 0 Å². The van der Waals surface area contributed by atoms with Gasteiger partial charge in [0, 0.05) is 6.42 Å². The third kappa shape index (κ3) is 1.70. The lowest BCUT2D eigenvalue weighted by molar-refractivity contribution is -0.116. The van der Waals surface area contributed by atoms with E-state index in [1.54, 1.807) is 24.3 Å². The number of carbonyl (C=O) groups is 3. The minimum atomic E-state index is -1.00. The van der Waals surface area contributed by atoms with Crippen molar-refractivity contribution in [1.29, 1.82) is 0 Å². The first-order chi connectivity index (χ1) is 9.09. The van der Waals surface area contributed by atoms with Gasteiger partial charge in [0.05, 0.1) is 23.3 Å². The Labute approximate surface area is 109 Å². The molecule has 19 heavy (non-hydrogen) atoms. The monoisotopic (exact) mass is 257 g/mol. The highest BCUT2D eigenvalue weighted by molar-refractivity contribution is 6.21. The summed E-state index contributed by atoms with van der Waals surface area (Å²) in [6.45, 7) is 0. The molecule has 0 fully saturated rings. The van der Waals surface area contributed by atoms with Gasteiger partial charge in [-0.25, -0.2) is 0 Å². The molecule has 0 radical (unpaired) electrons. The average molecular weight is 257 g/mol. The zero-order chi connectivity index (χ0) is 13.6. The van der Waals surface area contributed by atoms with Gasteiger partial charge in [-0.05, 0) is 18.2 Å². The minimum absolute atomic E-state index is 0.0386. The van der Waals surface area contributed by atoms with Crippen LogP contribution >= 0.6 is 0 Å². The van der Waals surface area contributed by atoms with Gasteiger partial charge in [0.15, 0.2) is 5.78 Å². The Morgan fingerprint density at radius 3 is 2.21 bits per heavy atom. The van der Waals surface area contributed by atoms with Crippen LogP contribution in [0.15, 0.2) is 36.4 Å². The number of hydrogen-bond acceptors (Lipinski definition) is 4. The number of aliphatic hydroxyl groups excluding tert-OH is 1. The second-order valence-corrected chi connectivity index (χ2v) is 4.61. The first kappa shape index (κ1) is 11.8. The molecule has 0 unspecified atom stereocenters. The zero-order valence-electron chi connectivity index (χ0n) is 9.95. The molecule has 5 nitrogen and oxygen atoms in total. The van der Waals surface area contributed by atoms with Crippen LogP contribution in [0.4, 0.5) is 0 Å². The lowest BCUT2D eigenvalue weighted by Crippen LogP contribution is -2.48. The third-order valence-electron chi connectivity index (χ3n) is 3.44. The summed E-state index contributed by atoms with van der Waals surface area (Å²) in [6, 6.07) is 5.68. The molecule has 1 heterocycles. The maximum absolute atomic E-state index is 12.2. The van der Waals surface area contributed by atoms with Crippen molar-refractivity contribution in [2.45, 2.75) is 18.6 Å². The van der Waals surface area contributed by atoms with Crippen LogP contribution in [-0.4, -0.2) is 39.7 Å². The first-order valence-electron chi connectivity index (χ1n) is 5.95. The molecule has 1 aliphatic carbocycles. The molecular formula is C14H11NO4. The molecule has 1 aromatic rings. The number of hydrogen-bond donors (Lipinski definition) is 1. The van der Waals surface area contributed by atoms with Gasteiger partial charge < -0.3 is 5.11 Å². The molecular weight excluding hydrogens is 246 g/mol. The van der Waals surface area contributed by atoms with Crippen molar-refractivity contribution in [3.8, 4) is 0 Å². The van der Waals surface area contributed by atoms with Crippen molar-refractivity contribution in [2.24, 2.45) is 0 Å². The maximum Gasteiger partial charge on any atom is 0.261 e. The van der Waals surface area contributed by atoms with Crippen molar-refractivity contribution in [1.82, 2.24) is 4.90 Å². The molecule has 2 atom stereocenters. The van der Waals surface area contributed by atoms with Gasteiger partial charge in [0.2, 0.25) is 0 Å². The fraction of sp³-hybridized carbons (Fsp3) is 0.214. The van der Waals surface area contributed by atoms with Crippen molar-refractivity contribution in [3.05, 3.63) is 47.5 Å². The standard InChI is InChI=1S/C14H11NO4/c16-8-5-6-12(17)11(7-8)15-13(18)9-3-1-2-4-10(9)14(15)19/h1-6,11-12,17H,7H2/t11-,12-/m1/s1. The summed E-state index contributed by atoms with van der Waals surface area (Å²) >= 11 is 0. The predicted octanol–water partition coefficient (Wildman–Crippen LogP) is 0.541. The van der Waals surface area contributed by atoms with Crippen molar-refractivity contribution in [2.75, 3.05) is 0 Å². The number of allylic oxidation sites excluding steroid dienone is 1. The molecule has 2 aliphatic rings. The van der Waals surface area contributed by atoms with Crippen LogP contribution in [0.1, 0.15) is 27.1 Å². The van der Waals surface area contributed by atoms with Gasteiger partial charge >= 0.3 is 0 Å². The molecule has 96 valence electrons. The largest absolute Gasteiger partial charge is 0.387 e. The average Bonchev–Trinajstić information content (AvgIpc) is 2.66. The van der Waals surface area contributed by atoms with Crippen molar-refractivity contribution < 1.29 is 19.5 Å². The highest BCUT2D eigenvalue weighted by Gasteiger charge is 2.43. The van der Waals surface area contributed by atoms with Crippen LogP contribution in [0.3, 0.4) is 0 Å². The summed E-state index contributed by atoms with van der Waals surface area (Å²) in [5.74, 6) is -1.10. The Hall–Kier alpha value is -2.27. The minimum Gasteiger partial charge on any atom is -0.387 e. The second-order valence-electron chi connectivity index (χ2n) is 4.61. The lowest BCUT2D eigenvalue weighted by atomic mass is 9.96. The number of fused-ring (bicyclic) bond motifs is 1. The molecule has 5 heteroatoms. The number of imide groups is 1. The number of rotatable bonds is 1. The van der Waals surface area contributed by atoms with Crippen LogP contribution in [0.2, 0.25) is 0 Å². The highest BCUT2D eigenvalue weighted by atomic mass is 16.3. The molecule has 0 bridgehead atoms. The quantitative estimate of drug-likeness (QED) is 0.745. The summed E-state index contributed by atoms with van der Waals surface area (Å²) in [6.07, 6.45) is 1.56. The highest BCUT2D eigenvalue weighted by Crippen LogP contribution is 2.28. The summed E-state index contributed by atoms with van der Waals surface area (Å²) < 4.78 is 0. The van der Waals surface area contributed by atoms with E-state index in [-0.39, 0.29) is 12.2 Å². The number of nitrogens with zero attached hydrogens (tertiary/aromatic N) is 1. The molecule has 0 aromatic heterocycles. The first-order valence-corrected chi connectivity index (χ1v) is 5.95. The Morgan fingerprint density at radius 2 is 1.63 bits per heavy atom. The molecule has 1 N–H and O–H groups in total. The van der Waals surface area contributed by atoms with Gasteiger partial charge in [0.1, 0.15) is 0 Å². The Bertz CT molecular complexity index is 585. The van der Waals surface area contributed by atoms with Crippen LogP contribution < -0.4 is 0 Å². The summed E-state index contributed by atoms with van der Waals surface area (Å²) in [5, 5.41) is 9.88. The molecule has 2 amide bonds. The fourth-order valence-corrected chi connectivity index (χ4v) is 2.48. The van der Waals surface area contributed by atoms with E-state index >= 15 is 0 Å². The summed E-state index contributed by atoms with van der Waals surface area (Å²) in [5.41, 5.74) is 0.642. The van der Waals surface area contributed by atoms with Gasteiger partial charge in [0.25, 0.3) is 11.8 Å². The van der Waals surface area contributed by atoms with E-state index in [2.05, 4.69) is 0 Å². The zero-order valence-corrected chi connectivity index (χ0v) is 9.95. The van der Waals surface area contributed by atoms with Crippen molar-refractivity contribution >= 4 is 17.6 Å². The second kappa shape index (κ2) is 4.13. The maximum atomic E-state index is 12.2. The van der Waals surface area contributed by atoms with E-state index in [9.17, 15) is 19.5 Å². The number of carbonyl (C=O) groups excluding carboxylic acids is 3. The van der Waals surface area contributed by atoms with Gasteiger partial charge in [-0.3, -0.25) is 19.3 Å². The Morgan fingerprint density at radius 1 is 1.05 bits per heavy atom. The van der Waals surface area contributed by atoms with Gasteiger partial charge in [-0.1, -0.05) is 18.2 Å². The number of ketones is 1. The van der Waals surface area contributed by atoms with Gasteiger partial charge in [-0.15, -0.1) is 0 Å². The van der Waals surface area contributed by atoms with Crippen LogP contribution in [-0.2, 0) is 4.79 Å². The predicted molar refractivity (Wildman–Crippen MR) is 65.5 cm³/mol. The normalized spacial score (nSPS) is 25.9. The van der Waals surface area contributed by atoms with Crippen LogP contribution in [0.5, 0.6) is 0 Å². The third-order valence-corrected chi connectivity index (χ3v) is 3.44. The van der Waals surface area contributed by atoms with E-state index in [0.717, 1.165) is 4.90 Å². The molecule has 1 aliphatic heterocycles. The Balaban J connectivity index is 2.00. The SMILES string of the molecule is O=C1C=C[C@@H](O)[C@H](N2C(=O)c3ccccc3C2=O)C1. The topological polar surface area (TPSA) is 74.7 Å². The van der Waals surface area contributed by atoms with Crippen LogP contribution in [0, 0.1) is 0 Å². The van der Waals surface area contributed by atoms with E-state index in [0.29, 0.717) is 11.1 Å².